The minimum atomic E-state index is -4.67. The van der Waals surface area contributed by atoms with Crippen LogP contribution in [0.4, 0.5) is 13.2 Å². The number of primary sulfonamides is 1. The summed E-state index contributed by atoms with van der Waals surface area (Å²) in [5.74, 6) is 0. The average Bonchev–Trinajstić information content (AvgIpc) is 2.51. The molecule has 11 heteroatoms. The summed E-state index contributed by atoms with van der Waals surface area (Å²) >= 11 is 0. The molecule has 0 aliphatic rings. The zero-order valence-corrected chi connectivity index (χ0v) is 15.0. The van der Waals surface area contributed by atoms with E-state index in [-0.39, 0.29) is 17.0 Å². The Morgan fingerprint density at radius 1 is 0.962 bits per heavy atom. The van der Waals surface area contributed by atoms with Gasteiger partial charge < -0.3 is 0 Å². The number of nitrogens with one attached hydrogen (secondary N) is 1. The number of aryl methyl sites for hydroxylation is 1. The molecule has 2 aromatic carbocycles. The van der Waals surface area contributed by atoms with Crippen molar-refractivity contribution >= 4 is 20.0 Å². The molecule has 2 rings (SSSR count). The molecule has 142 valence electrons. The normalized spacial score (nSPS) is 13.0. The fourth-order valence-electron chi connectivity index (χ4n) is 2.13. The van der Waals surface area contributed by atoms with E-state index in [1.54, 1.807) is 0 Å². The largest absolute Gasteiger partial charge is 0.416 e. The van der Waals surface area contributed by atoms with Crippen molar-refractivity contribution in [1.82, 2.24) is 4.72 Å². The predicted octanol–water partition coefficient (Wildman–Crippen LogP) is 2.14. The second kappa shape index (κ2) is 6.99. The molecule has 0 spiro atoms. The number of rotatable bonds is 5. The number of alkyl halides is 3. The monoisotopic (exact) mass is 408 g/mol. The first-order valence-corrected chi connectivity index (χ1v) is 10.1. The van der Waals surface area contributed by atoms with E-state index >= 15 is 0 Å². The molecule has 6 nitrogen and oxygen atoms in total. The summed E-state index contributed by atoms with van der Waals surface area (Å²) in [5.41, 5.74) is -0.711. The highest BCUT2D eigenvalue weighted by molar-refractivity contribution is 7.89. The zero-order chi connectivity index (χ0) is 19.8. The lowest BCUT2D eigenvalue weighted by atomic mass is 10.1. The van der Waals surface area contributed by atoms with Gasteiger partial charge in [0.05, 0.1) is 15.4 Å². The molecule has 0 heterocycles. The fourth-order valence-corrected chi connectivity index (χ4v) is 3.69. The van der Waals surface area contributed by atoms with E-state index in [1.165, 1.54) is 31.2 Å². The van der Waals surface area contributed by atoms with Crippen LogP contribution in [0, 0.1) is 6.92 Å². The van der Waals surface area contributed by atoms with Crippen LogP contribution in [0.3, 0.4) is 0 Å². The van der Waals surface area contributed by atoms with Crippen LogP contribution in [-0.2, 0) is 32.8 Å². The quantitative estimate of drug-likeness (QED) is 0.790. The van der Waals surface area contributed by atoms with E-state index in [0.717, 1.165) is 12.1 Å². The summed E-state index contributed by atoms with van der Waals surface area (Å²) in [7, 11) is -8.06. The third-order valence-corrected chi connectivity index (χ3v) is 5.87. The summed E-state index contributed by atoms with van der Waals surface area (Å²) in [6.45, 7) is 1.00. The molecule has 0 unspecified atom stereocenters. The van der Waals surface area contributed by atoms with E-state index < -0.39 is 36.7 Å². The molecule has 0 aliphatic heterocycles. The lowest BCUT2D eigenvalue weighted by molar-refractivity contribution is -0.138. The molecular formula is C15H15F3N2O4S2. The van der Waals surface area contributed by atoms with Crippen LogP contribution in [0.25, 0.3) is 0 Å². The Kier molecular flexibility index (Phi) is 5.47. The second-order valence-electron chi connectivity index (χ2n) is 5.49. The number of halogens is 3. The smallest absolute Gasteiger partial charge is 0.225 e. The van der Waals surface area contributed by atoms with Crippen LogP contribution in [0.1, 0.15) is 16.7 Å². The van der Waals surface area contributed by atoms with Crippen LogP contribution in [-0.4, -0.2) is 16.8 Å². The van der Waals surface area contributed by atoms with Gasteiger partial charge in [-0.25, -0.2) is 26.7 Å². The molecule has 0 aromatic heterocycles. The van der Waals surface area contributed by atoms with Gasteiger partial charge in [0.15, 0.2) is 0 Å². The Balaban J connectivity index is 2.22. The number of nitrogens with two attached hydrogens (primary N) is 1. The van der Waals surface area contributed by atoms with Gasteiger partial charge in [0.2, 0.25) is 20.0 Å². The van der Waals surface area contributed by atoms with Crippen molar-refractivity contribution in [3.63, 3.8) is 0 Å². The van der Waals surface area contributed by atoms with Gasteiger partial charge in [0.1, 0.15) is 0 Å². The highest BCUT2D eigenvalue weighted by Gasteiger charge is 2.33. The highest BCUT2D eigenvalue weighted by Crippen LogP contribution is 2.33. The van der Waals surface area contributed by atoms with Crippen molar-refractivity contribution < 1.29 is 30.0 Å². The van der Waals surface area contributed by atoms with Crippen LogP contribution < -0.4 is 9.86 Å². The molecule has 0 saturated heterocycles. The maximum Gasteiger partial charge on any atom is 0.416 e. The average molecular weight is 408 g/mol. The third kappa shape index (κ3) is 4.81. The molecule has 0 amide bonds. The molecule has 26 heavy (non-hydrogen) atoms. The molecule has 0 aliphatic carbocycles. The van der Waals surface area contributed by atoms with Crippen LogP contribution in [0.2, 0.25) is 0 Å². The molecule has 3 N–H and O–H groups in total. The second-order valence-corrected chi connectivity index (χ2v) is 8.82. The van der Waals surface area contributed by atoms with Gasteiger partial charge in [0, 0.05) is 6.54 Å². The highest BCUT2D eigenvalue weighted by atomic mass is 32.2. The van der Waals surface area contributed by atoms with Gasteiger partial charge >= 0.3 is 6.18 Å². The first-order chi connectivity index (χ1) is 11.8. The van der Waals surface area contributed by atoms with E-state index in [2.05, 4.69) is 4.72 Å². The minimum absolute atomic E-state index is 0.0879. The predicted molar refractivity (Wildman–Crippen MR) is 88.0 cm³/mol. The topological polar surface area (TPSA) is 106 Å². The van der Waals surface area contributed by atoms with E-state index in [0.29, 0.717) is 11.6 Å². The van der Waals surface area contributed by atoms with Crippen LogP contribution >= 0.6 is 0 Å². The van der Waals surface area contributed by atoms with Gasteiger partial charge in [0.25, 0.3) is 0 Å². The van der Waals surface area contributed by atoms with Crippen LogP contribution in [0.5, 0.6) is 0 Å². The maximum absolute atomic E-state index is 12.9. The Hall–Kier alpha value is -1.95. The Labute approximate surface area is 148 Å². The Bertz CT molecular complexity index is 1020. The van der Waals surface area contributed by atoms with Gasteiger partial charge in [-0.3, -0.25) is 0 Å². The molecular weight excluding hydrogens is 393 g/mol. The Morgan fingerprint density at radius 3 is 2.00 bits per heavy atom. The van der Waals surface area contributed by atoms with Crippen LogP contribution in [0.15, 0.2) is 52.3 Å². The molecule has 0 fully saturated rings. The van der Waals surface area contributed by atoms with Crippen molar-refractivity contribution in [2.45, 2.75) is 29.4 Å². The van der Waals surface area contributed by atoms with Gasteiger partial charge in [-0.15, -0.1) is 0 Å². The summed E-state index contributed by atoms with van der Waals surface area (Å²) < 4.78 is 87.7. The van der Waals surface area contributed by atoms with Crippen molar-refractivity contribution in [3.05, 3.63) is 59.2 Å². The summed E-state index contributed by atoms with van der Waals surface area (Å²) in [6.07, 6.45) is -4.67. The number of hydrogen-bond donors (Lipinski definition) is 2. The molecule has 0 radical (unpaired) electrons. The minimum Gasteiger partial charge on any atom is -0.225 e. The van der Waals surface area contributed by atoms with Gasteiger partial charge in [-0.1, -0.05) is 18.2 Å². The first kappa shape index (κ1) is 20.4. The van der Waals surface area contributed by atoms with E-state index in [1.807, 2.05) is 0 Å². The molecule has 2 aromatic rings. The maximum atomic E-state index is 12.9. The lowest BCUT2D eigenvalue weighted by Gasteiger charge is -2.13. The van der Waals surface area contributed by atoms with Gasteiger partial charge in [-0.2, -0.15) is 13.2 Å². The van der Waals surface area contributed by atoms with Crippen molar-refractivity contribution in [1.29, 1.82) is 0 Å². The van der Waals surface area contributed by atoms with Crippen molar-refractivity contribution in [2.24, 2.45) is 5.14 Å². The number of hydrogen-bond acceptors (Lipinski definition) is 4. The first-order valence-electron chi connectivity index (χ1n) is 7.10. The summed E-state index contributed by atoms with van der Waals surface area (Å²) in [4.78, 5) is -0.658. The summed E-state index contributed by atoms with van der Waals surface area (Å²) in [5, 5.41) is 4.96. The number of sulfonamides is 2. The standard InChI is InChI=1S/C15H15F3N2O4S2/c1-10-2-5-13(8-14(10)15(16,17)18)26(23,24)20-9-11-3-6-12(7-4-11)25(19,21)22/h2-8,20H,9H2,1H3,(H2,19,21,22). The third-order valence-electron chi connectivity index (χ3n) is 3.54. The number of benzene rings is 2. The SMILES string of the molecule is Cc1ccc(S(=O)(=O)NCc2ccc(S(N)(=O)=O)cc2)cc1C(F)(F)F. The zero-order valence-electron chi connectivity index (χ0n) is 13.4. The van der Waals surface area contributed by atoms with Crippen molar-refractivity contribution in [2.75, 3.05) is 0 Å². The Morgan fingerprint density at radius 2 is 1.50 bits per heavy atom. The summed E-state index contributed by atoms with van der Waals surface area (Å²) in [6, 6.07) is 7.83. The van der Waals surface area contributed by atoms with Crippen molar-refractivity contribution in [3.8, 4) is 0 Å². The molecule has 0 atom stereocenters. The fraction of sp³-hybridized carbons (Fsp3) is 0.200. The van der Waals surface area contributed by atoms with Gasteiger partial charge in [-0.05, 0) is 42.3 Å². The lowest BCUT2D eigenvalue weighted by Crippen LogP contribution is -2.24. The molecule has 0 bridgehead atoms. The van der Waals surface area contributed by atoms with E-state index in [4.69, 9.17) is 5.14 Å². The molecule has 0 saturated carbocycles. The van der Waals surface area contributed by atoms with E-state index in [9.17, 15) is 30.0 Å².